The summed E-state index contributed by atoms with van der Waals surface area (Å²) in [7, 11) is 0. The zero-order valence-electron chi connectivity index (χ0n) is 14.0. The molecule has 0 radical (unpaired) electrons. The van der Waals surface area contributed by atoms with Crippen LogP contribution in [0.4, 0.5) is 5.82 Å². The van der Waals surface area contributed by atoms with Crippen molar-refractivity contribution in [2.24, 2.45) is 0 Å². The average Bonchev–Trinajstić information content (AvgIpc) is 3.53. The molecule has 0 unspecified atom stereocenters. The van der Waals surface area contributed by atoms with Crippen LogP contribution in [0.5, 0.6) is 5.75 Å². The molecule has 2 fully saturated rings. The van der Waals surface area contributed by atoms with Crippen LogP contribution in [0.3, 0.4) is 0 Å². The molecule has 4 rings (SSSR count). The van der Waals surface area contributed by atoms with E-state index in [0.717, 1.165) is 24.6 Å². The van der Waals surface area contributed by atoms with Gasteiger partial charge in [-0.25, -0.2) is 0 Å². The molecule has 1 saturated carbocycles. The minimum Gasteiger partial charge on any atom is -0.482 e. The van der Waals surface area contributed by atoms with Crippen LogP contribution in [0.2, 0.25) is 0 Å². The van der Waals surface area contributed by atoms with Gasteiger partial charge in [0.25, 0.3) is 5.91 Å². The van der Waals surface area contributed by atoms with E-state index in [2.05, 4.69) is 26.1 Å². The molecule has 0 N–H and O–H groups in total. The first-order valence-corrected chi connectivity index (χ1v) is 8.69. The Hall–Kier alpha value is -2.70. The first-order chi connectivity index (χ1) is 12.3. The Labute approximate surface area is 146 Å². The van der Waals surface area contributed by atoms with E-state index < -0.39 is 0 Å². The van der Waals surface area contributed by atoms with Gasteiger partial charge >= 0.3 is 0 Å². The predicted molar refractivity (Wildman–Crippen MR) is 92.5 cm³/mol. The van der Waals surface area contributed by atoms with Gasteiger partial charge in [-0.3, -0.25) is 9.78 Å². The fraction of sp³-hybridized carbons (Fsp3) is 0.444. The fourth-order valence-electron chi connectivity index (χ4n) is 2.95. The van der Waals surface area contributed by atoms with E-state index in [4.69, 9.17) is 4.74 Å². The lowest BCUT2D eigenvalue weighted by Crippen LogP contribution is -2.50. The summed E-state index contributed by atoms with van der Waals surface area (Å²) in [5, 5.41) is 8.69. The van der Waals surface area contributed by atoms with Crippen molar-refractivity contribution >= 4 is 11.7 Å². The van der Waals surface area contributed by atoms with Gasteiger partial charge in [0, 0.05) is 38.3 Å². The molecule has 2 aliphatic rings. The van der Waals surface area contributed by atoms with Gasteiger partial charge in [-0.2, -0.15) is 5.10 Å². The Bertz CT molecular complexity index is 710. The van der Waals surface area contributed by atoms with Crippen LogP contribution < -0.4 is 9.64 Å². The van der Waals surface area contributed by atoms with Crippen molar-refractivity contribution in [3.05, 3.63) is 42.4 Å². The smallest absolute Gasteiger partial charge is 0.260 e. The standard InChI is InChI=1S/C18H21N5O2/c24-18(13-25-15-2-1-7-19-12-15)23-10-8-22(9-11-23)17-6-5-16(20-21-17)14-3-4-14/h1-2,5-7,12,14H,3-4,8-11,13H2. The van der Waals surface area contributed by atoms with E-state index in [1.54, 1.807) is 24.5 Å². The molecule has 1 aliphatic carbocycles. The van der Waals surface area contributed by atoms with Gasteiger partial charge in [0.15, 0.2) is 12.4 Å². The number of ether oxygens (including phenoxy) is 1. The van der Waals surface area contributed by atoms with Gasteiger partial charge in [0.2, 0.25) is 0 Å². The lowest BCUT2D eigenvalue weighted by Gasteiger charge is -2.35. The van der Waals surface area contributed by atoms with E-state index in [9.17, 15) is 4.79 Å². The summed E-state index contributed by atoms with van der Waals surface area (Å²) in [6.07, 6.45) is 5.75. The van der Waals surface area contributed by atoms with E-state index >= 15 is 0 Å². The summed E-state index contributed by atoms with van der Waals surface area (Å²) in [5.74, 6) is 2.12. The molecule has 0 spiro atoms. The van der Waals surface area contributed by atoms with E-state index in [0.29, 0.717) is 24.8 Å². The third-order valence-electron chi connectivity index (χ3n) is 4.62. The van der Waals surface area contributed by atoms with Crippen LogP contribution in [-0.2, 0) is 4.79 Å². The van der Waals surface area contributed by atoms with Crippen LogP contribution in [0.15, 0.2) is 36.7 Å². The highest BCUT2D eigenvalue weighted by Gasteiger charge is 2.26. The monoisotopic (exact) mass is 339 g/mol. The molecule has 1 amide bonds. The molecule has 7 heteroatoms. The molecule has 7 nitrogen and oxygen atoms in total. The SMILES string of the molecule is O=C(COc1cccnc1)N1CCN(c2ccc(C3CC3)nn2)CC1. The zero-order chi connectivity index (χ0) is 17.1. The van der Waals surface area contributed by atoms with Crippen molar-refractivity contribution in [2.45, 2.75) is 18.8 Å². The van der Waals surface area contributed by atoms with Gasteiger partial charge in [-0.15, -0.1) is 5.10 Å². The van der Waals surface area contributed by atoms with E-state index in [1.807, 2.05) is 11.0 Å². The van der Waals surface area contributed by atoms with Gasteiger partial charge in [-0.05, 0) is 37.1 Å². The number of hydrogen-bond acceptors (Lipinski definition) is 6. The Kier molecular flexibility index (Phi) is 4.45. The Morgan fingerprint density at radius 1 is 1.12 bits per heavy atom. The normalized spacial score (nSPS) is 17.4. The highest BCUT2D eigenvalue weighted by Crippen LogP contribution is 2.38. The molecule has 3 heterocycles. The lowest BCUT2D eigenvalue weighted by atomic mass is 10.2. The Morgan fingerprint density at radius 2 is 1.96 bits per heavy atom. The highest BCUT2D eigenvalue weighted by molar-refractivity contribution is 5.78. The molecule has 2 aromatic heterocycles. The van der Waals surface area contributed by atoms with Gasteiger partial charge in [0.05, 0.1) is 11.9 Å². The number of pyridine rings is 1. The number of carbonyl (C=O) groups excluding carboxylic acids is 1. The molecule has 25 heavy (non-hydrogen) atoms. The maximum absolute atomic E-state index is 12.3. The fourth-order valence-corrected chi connectivity index (χ4v) is 2.95. The second kappa shape index (κ2) is 7.04. The molecule has 0 aromatic carbocycles. The summed E-state index contributed by atoms with van der Waals surface area (Å²) >= 11 is 0. The van der Waals surface area contributed by atoms with Crippen LogP contribution in [0, 0.1) is 0 Å². The van der Waals surface area contributed by atoms with Crippen molar-refractivity contribution in [1.29, 1.82) is 0 Å². The number of anilines is 1. The van der Waals surface area contributed by atoms with Gasteiger partial charge < -0.3 is 14.5 Å². The molecule has 0 atom stereocenters. The molecule has 130 valence electrons. The molecular weight excluding hydrogens is 318 g/mol. The van der Waals surface area contributed by atoms with Gasteiger partial charge in [0.1, 0.15) is 5.75 Å². The van der Waals surface area contributed by atoms with Gasteiger partial charge in [-0.1, -0.05) is 0 Å². The minimum atomic E-state index is -0.00123. The van der Waals surface area contributed by atoms with Crippen LogP contribution >= 0.6 is 0 Å². The summed E-state index contributed by atoms with van der Waals surface area (Å²) < 4.78 is 5.48. The Morgan fingerprint density at radius 3 is 2.60 bits per heavy atom. The minimum absolute atomic E-state index is 0.00123. The average molecular weight is 339 g/mol. The second-order valence-electron chi connectivity index (χ2n) is 6.44. The molecule has 1 aliphatic heterocycles. The third kappa shape index (κ3) is 3.87. The van der Waals surface area contributed by atoms with Crippen LogP contribution in [0.1, 0.15) is 24.5 Å². The van der Waals surface area contributed by atoms with E-state index in [-0.39, 0.29) is 12.5 Å². The quantitative estimate of drug-likeness (QED) is 0.822. The van der Waals surface area contributed by atoms with Crippen LogP contribution in [-0.4, -0.2) is 58.8 Å². The highest BCUT2D eigenvalue weighted by atomic mass is 16.5. The first-order valence-electron chi connectivity index (χ1n) is 8.69. The molecule has 1 saturated heterocycles. The first kappa shape index (κ1) is 15.8. The van der Waals surface area contributed by atoms with Crippen molar-refractivity contribution in [2.75, 3.05) is 37.7 Å². The lowest BCUT2D eigenvalue weighted by molar-refractivity contribution is -0.133. The van der Waals surface area contributed by atoms with Crippen molar-refractivity contribution in [3.8, 4) is 5.75 Å². The summed E-state index contributed by atoms with van der Waals surface area (Å²) in [4.78, 5) is 20.3. The van der Waals surface area contributed by atoms with Crippen LogP contribution in [0.25, 0.3) is 0 Å². The summed E-state index contributed by atoms with van der Waals surface area (Å²) in [6, 6.07) is 7.71. The Balaban J connectivity index is 1.26. The number of carbonyl (C=O) groups is 1. The van der Waals surface area contributed by atoms with E-state index in [1.165, 1.54) is 12.8 Å². The largest absolute Gasteiger partial charge is 0.482 e. The van der Waals surface area contributed by atoms with Crippen molar-refractivity contribution in [1.82, 2.24) is 20.1 Å². The van der Waals surface area contributed by atoms with Crippen molar-refractivity contribution in [3.63, 3.8) is 0 Å². The number of piperazine rings is 1. The number of amides is 1. The second-order valence-corrected chi connectivity index (χ2v) is 6.44. The number of aromatic nitrogens is 3. The van der Waals surface area contributed by atoms with Crippen molar-refractivity contribution < 1.29 is 9.53 Å². The topological polar surface area (TPSA) is 71.5 Å². The third-order valence-corrected chi connectivity index (χ3v) is 4.62. The molecule has 0 bridgehead atoms. The number of rotatable bonds is 5. The maximum atomic E-state index is 12.3. The number of hydrogen-bond donors (Lipinski definition) is 0. The molecule has 2 aromatic rings. The maximum Gasteiger partial charge on any atom is 0.260 e. The molecular formula is C18H21N5O2. The predicted octanol–water partition coefficient (Wildman–Crippen LogP) is 1.48. The summed E-state index contributed by atoms with van der Waals surface area (Å²) in [6.45, 7) is 2.90. The summed E-state index contributed by atoms with van der Waals surface area (Å²) in [5.41, 5.74) is 1.10. The number of nitrogens with zero attached hydrogens (tertiary/aromatic N) is 5. The zero-order valence-corrected chi connectivity index (χ0v) is 14.0.